The molecule has 2 unspecified atom stereocenters. The highest BCUT2D eigenvalue weighted by atomic mass is 32.2. The van der Waals surface area contributed by atoms with Crippen molar-refractivity contribution in [3.63, 3.8) is 0 Å². The average Bonchev–Trinajstić information content (AvgIpc) is 2.61. The summed E-state index contributed by atoms with van der Waals surface area (Å²) in [6.07, 6.45) is 2.82. The lowest BCUT2D eigenvalue weighted by molar-refractivity contribution is -0.151. The molecule has 0 saturated carbocycles. The van der Waals surface area contributed by atoms with Crippen LogP contribution < -0.4 is 0 Å². The van der Waals surface area contributed by atoms with E-state index in [4.69, 9.17) is 0 Å². The summed E-state index contributed by atoms with van der Waals surface area (Å²) >= 11 is 3.20. The van der Waals surface area contributed by atoms with Crippen LogP contribution in [0.25, 0.3) is 0 Å². The zero-order chi connectivity index (χ0) is 18.1. The maximum absolute atomic E-state index is 12.0. The van der Waals surface area contributed by atoms with Gasteiger partial charge >= 0.3 is 5.97 Å². The molecule has 6 heteroatoms. The van der Waals surface area contributed by atoms with E-state index in [1.54, 1.807) is 23.5 Å². The Morgan fingerprint density at radius 2 is 2.24 bits per heavy atom. The highest BCUT2D eigenvalue weighted by molar-refractivity contribution is 8.02. The summed E-state index contributed by atoms with van der Waals surface area (Å²) < 4.78 is 0. The molecule has 2 aliphatic rings. The van der Waals surface area contributed by atoms with Gasteiger partial charge < -0.3 is 5.11 Å². The van der Waals surface area contributed by atoms with Crippen LogP contribution in [-0.4, -0.2) is 33.0 Å². The summed E-state index contributed by atoms with van der Waals surface area (Å²) in [6.45, 7) is 6.10. The van der Waals surface area contributed by atoms with Crippen LogP contribution in [0.15, 0.2) is 45.8 Å². The number of aryl methyl sites for hydroxylation is 2. The number of β-lactam (4-membered cyclic amide) rings is 1. The molecular formula is C19H21NO3S2. The lowest BCUT2D eigenvalue weighted by Gasteiger charge is -2.48. The third-order valence-corrected chi connectivity index (χ3v) is 6.88. The van der Waals surface area contributed by atoms with Gasteiger partial charge in [0.25, 0.3) is 0 Å². The Labute approximate surface area is 156 Å². The summed E-state index contributed by atoms with van der Waals surface area (Å²) in [4.78, 5) is 26.3. The number of amides is 1. The number of allylic oxidation sites excluding steroid dienone is 1. The Hall–Kier alpha value is -1.66. The normalized spacial score (nSPS) is 23.0. The Bertz CT molecular complexity index is 785. The van der Waals surface area contributed by atoms with E-state index < -0.39 is 5.97 Å². The van der Waals surface area contributed by atoms with Crippen molar-refractivity contribution in [1.29, 1.82) is 0 Å². The number of nitrogens with zero attached hydrogens (tertiary/aromatic N) is 1. The molecule has 1 amide bonds. The van der Waals surface area contributed by atoms with Gasteiger partial charge in [0.1, 0.15) is 5.70 Å². The summed E-state index contributed by atoms with van der Waals surface area (Å²) in [6, 6.07) is 6.35. The first-order valence-electron chi connectivity index (χ1n) is 8.28. The molecular weight excluding hydrogens is 354 g/mol. The number of carbonyl (C=O) groups excluding carboxylic acids is 1. The number of rotatable bonds is 5. The van der Waals surface area contributed by atoms with Gasteiger partial charge in [-0.25, -0.2) is 4.79 Å². The van der Waals surface area contributed by atoms with Gasteiger partial charge in [-0.3, -0.25) is 9.69 Å². The number of carboxylic acid groups (broad SMARTS) is 1. The average molecular weight is 376 g/mol. The van der Waals surface area contributed by atoms with E-state index in [1.807, 2.05) is 18.4 Å². The Kier molecular flexibility index (Phi) is 5.29. The number of thioether (sulfide) groups is 2. The predicted molar refractivity (Wildman–Crippen MR) is 102 cm³/mol. The van der Waals surface area contributed by atoms with Crippen molar-refractivity contribution in [2.24, 2.45) is 5.92 Å². The van der Waals surface area contributed by atoms with E-state index in [-0.39, 0.29) is 22.9 Å². The minimum Gasteiger partial charge on any atom is -0.477 e. The molecule has 0 spiro atoms. The molecule has 2 atom stereocenters. The fourth-order valence-corrected chi connectivity index (χ4v) is 5.22. The molecule has 4 nitrogen and oxygen atoms in total. The molecule has 1 N–H and O–H groups in total. The molecule has 1 fully saturated rings. The maximum atomic E-state index is 12.0. The highest BCUT2D eigenvalue weighted by Crippen LogP contribution is 2.43. The molecule has 1 saturated heterocycles. The van der Waals surface area contributed by atoms with E-state index in [0.29, 0.717) is 11.3 Å². The molecule has 3 rings (SSSR count). The third-order valence-electron chi connectivity index (χ3n) is 4.64. The van der Waals surface area contributed by atoms with Gasteiger partial charge in [0.05, 0.1) is 11.3 Å². The molecule has 0 aliphatic carbocycles. The molecule has 25 heavy (non-hydrogen) atoms. The standard InChI is InChI=1S/C19H21NO3S2/c1-4-13-9-15(6-5-11(13)2)24-8-7-14-10-25-18-12(3)17(21)20(18)16(14)19(22)23/h5-9,12,18H,4,10H2,1-3H3,(H,22,23)/b8-7+. The monoisotopic (exact) mass is 375 g/mol. The van der Waals surface area contributed by atoms with Crippen LogP contribution in [0.1, 0.15) is 25.0 Å². The number of fused-ring (bicyclic) bond motifs is 1. The van der Waals surface area contributed by atoms with Crippen molar-refractivity contribution in [2.75, 3.05) is 5.75 Å². The summed E-state index contributed by atoms with van der Waals surface area (Å²) in [5, 5.41) is 11.4. The van der Waals surface area contributed by atoms with Crippen molar-refractivity contribution in [2.45, 2.75) is 37.5 Å². The second-order valence-corrected chi connectivity index (χ2v) is 8.32. The number of hydrogen-bond acceptors (Lipinski definition) is 4. The summed E-state index contributed by atoms with van der Waals surface area (Å²) in [5.41, 5.74) is 3.44. The zero-order valence-electron chi connectivity index (χ0n) is 14.5. The zero-order valence-corrected chi connectivity index (χ0v) is 16.1. The van der Waals surface area contributed by atoms with Gasteiger partial charge in [-0.2, -0.15) is 0 Å². The number of hydrogen-bond donors (Lipinski definition) is 1. The van der Waals surface area contributed by atoms with E-state index in [0.717, 1.165) is 11.3 Å². The fourth-order valence-electron chi connectivity index (χ4n) is 3.13. The second-order valence-electron chi connectivity index (χ2n) is 6.24. The minimum absolute atomic E-state index is 0.0346. The largest absolute Gasteiger partial charge is 0.477 e. The summed E-state index contributed by atoms with van der Waals surface area (Å²) in [5.74, 6) is -0.608. The number of benzene rings is 1. The van der Waals surface area contributed by atoms with Gasteiger partial charge in [0.15, 0.2) is 0 Å². The molecule has 0 aromatic heterocycles. The first-order chi connectivity index (χ1) is 11.9. The maximum Gasteiger partial charge on any atom is 0.352 e. The van der Waals surface area contributed by atoms with E-state index in [9.17, 15) is 14.7 Å². The Morgan fingerprint density at radius 1 is 1.48 bits per heavy atom. The van der Waals surface area contributed by atoms with Gasteiger partial charge in [0, 0.05) is 10.6 Å². The number of aliphatic carboxylic acids is 1. The van der Waals surface area contributed by atoms with Gasteiger partial charge in [-0.05, 0) is 53.7 Å². The van der Waals surface area contributed by atoms with Gasteiger partial charge in [0.2, 0.25) is 5.91 Å². The van der Waals surface area contributed by atoms with Crippen molar-refractivity contribution < 1.29 is 14.7 Å². The van der Waals surface area contributed by atoms with Crippen LogP contribution in [0.3, 0.4) is 0 Å². The van der Waals surface area contributed by atoms with Crippen LogP contribution in [0.4, 0.5) is 0 Å². The van der Waals surface area contributed by atoms with E-state index in [2.05, 4.69) is 32.0 Å². The molecule has 1 aromatic carbocycles. The Balaban J connectivity index is 1.79. The lowest BCUT2D eigenvalue weighted by Crippen LogP contribution is -2.60. The first-order valence-corrected chi connectivity index (χ1v) is 10.2. The molecule has 2 heterocycles. The predicted octanol–water partition coefficient (Wildman–Crippen LogP) is 4.05. The van der Waals surface area contributed by atoms with Crippen LogP contribution in [0, 0.1) is 12.8 Å². The molecule has 0 radical (unpaired) electrons. The van der Waals surface area contributed by atoms with Gasteiger partial charge in [-0.15, -0.1) is 11.8 Å². The summed E-state index contributed by atoms with van der Waals surface area (Å²) in [7, 11) is 0. The number of carbonyl (C=O) groups is 2. The topological polar surface area (TPSA) is 57.6 Å². The molecule has 2 aliphatic heterocycles. The van der Waals surface area contributed by atoms with E-state index in [1.165, 1.54) is 16.0 Å². The van der Waals surface area contributed by atoms with Crippen LogP contribution in [-0.2, 0) is 16.0 Å². The SMILES string of the molecule is CCc1cc(S/C=C/C2=C(C(=O)O)N3C(=O)C(C)C3SC2)ccc1C. The lowest BCUT2D eigenvalue weighted by atomic mass is 9.98. The van der Waals surface area contributed by atoms with Crippen LogP contribution >= 0.6 is 23.5 Å². The van der Waals surface area contributed by atoms with Crippen molar-refractivity contribution in [3.8, 4) is 0 Å². The molecule has 132 valence electrons. The quantitative estimate of drug-likeness (QED) is 0.621. The van der Waals surface area contributed by atoms with E-state index >= 15 is 0 Å². The molecule has 1 aromatic rings. The smallest absolute Gasteiger partial charge is 0.352 e. The van der Waals surface area contributed by atoms with Crippen molar-refractivity contribution in [3.05, 3.63) is 52.1 Å². The number of carboxylic acids is 1. The third kappa shape index (κ3) is 3.37. The molecule has 0 bridgehead atoms. The van der Waals surface area contributed by atoms with Crippen LogP contribution in [0.5, 0.6) is 0 Å². The second kappa shape index (κ2) is 7.30. The highest BCUT2D eigenvalue weighted by Gasteiger charge is 2.50. The minimum atomic E-state index is -1.03. The van der Waals surface area contributed by atoms with Crippen LogP contribution in [0.2, 0.25) is 0 Å². The van der Waals surface area contributed by atoms with Gasteiger partial charge in [-0.1, -0.05) is 31.7 Å². The first kappa shape index (κ1) is 18.1. The Morgan fingerprint density at radius 3 is 2.92 bits per heavy atom. The van der Waals surface area contributed by atoms with Crippen molar-refractivity contribution >= 4 is 35.4 Å². The van der Waals surface area contributed by atoms with Crippen molar-refractivity contribution in [1.82, 2.24) is 4.90 Å². The fraction of sp³-hybridized carbons (Fsp3) is 0.368.